The second-order valence-corrected chi connectivity index (χ2v) is 7.22. The molecule has 12 nitrogen and oxygen atoms in total. The number of amides is 1. The number of anilines is 2. The summed E-state index contributed by atoms with van der Waals surface area (Å²) in [7, 11) is 1.46. The van der Waals surface area contributed by atoms with Crippen LogP contribution in [0.4, 0.5) is 38.5 Å². The molecule has 2 aromatic rings. The van der Waals surface area contributed by atoms with Crippen molar-refractivity contribution in [3.63, 3.8) is 0 Å². The number of nitrogens with one attached hydrogen (secondary N) is 1. The zero-order valence-electron chi connectivity index (χ0n) is 19.2. The van der Waals surface area contributed by atoms with E-state index >= 15 is 0 Å². The maximum Gasteiger partial charge on any atom is 0.311 e. The van der Waals surface area contributed by atoms with E-state index in [4.69, 9.17) is 4.74 Å². The van der Waals surface area contributed by atoms with Crippen molar-refractivity contribution in [3.8, 4) is 5.75 Å². The number of methoxy groups -OCH3 is 1. The van der Waals surface area contributed by atoms with Crippen LogP contribution in [-0.4, -0.2) is 36.0 Å². The Morgan fingerprint density at radius 3 is 2.12 bits per heavy atom. The van der Waals surface area contributed by atoms with Crippen molar-refractivity contribution in [1.82, 2.24) is 0 Å². The van der Waals surface area contributed by atoms with E-state index in [0.29, 0.717) is 23.6 Å². The van der Waals surface area contributed by atoms with Crippen LogP contribution in [0, 0.1) is 26.0 Å². The predicted molar refractivity (Wildman–Crippen MR) is 124 cm³/mol. The summed E-state index contributed by atoms with van der Waals surface area (Å²) in [5.41, 5.74) is -1.31. The number of hydrogen-bond donors (Lipinski definition) is 1. The Hall–Kier alpha value is -4.16. The van der Waals surface area contributed by atoms with Gasteiger partial charge in [0.2, 0.25) is 11.7 Å². The molecular formula is C21H25FN6O6. The number of ether oxygens (including phenoxy) is 1. The molecular weight excluding hydrogens is 451 g/mol. The van der Waals surface area contributed by atoms with Gasteiger partial charge in [-0.3, -0.25) is 25.0 Å². The minimum Gasteiger partial charge on any atom is -0.494 e. The lowest BCUT2D eigenvalue weighted by Gasteiger charge is -2.26. The van der Waals surface area contributed by atoms with Crippen molar-refractivity contribution in [2.24, 2.45) is 10.2 Å². The third kappa shape index (κ3) is 6.21. The monoisotopic (exact) mass is 476 g/mol. The molecule has 0 aromatic heterocycles. The highest BCUT2D eigenvalue weighted by molar-refractivity contribution is 5.93. The summed E-state index contributed by atoms with van der Waals surface area (Å²) in [6, 6.07) is 4.20. The summed E-state index contributed by atoms with van der Waals surface area (Å²) in [6.07, 6.45) is 1.74. The number of carbonyl (C=O) groups is 1. The molecule has 0 fully saturated rings. The Labute approximate surface area is 194 Å². The minimum absolute atomic E-state index is 0.0943. The van der Waals surface area contributed by atoms with E-state index in [-0.39, 0.29) is 11.4 Å². The molecule has 0 heterocycles. The molecule has 0 saturated carbocycles. The number of hydrogen-bond acceptors (Lipinski definition) is 9. The normalized spacial score (nSPS) is 10.9. The summed E-state index contributed by atoms with van der Waals surface area (Å²) in [5, 5.41) is 32.6. The molecule has 34 heavy (non-hydrogen) atoms. The molecule has 0 aliphatic carbocycles. The highest BCUT2D eigenvalue weighted by atomic mass is 19.1. The average Bonchev–Trinajstić information content (AvgIpc) is 2.76. The first-order chi connectivity index (χ1) is 16.1. The highest BCUT2D eigenvalue weighted by Crippen LogP contribution is 2.41. The summed E-state index contributed by atoms with van der Waals surface area (Å²) in [4.78, 5) is 34.1. The van der Waals surface area contributed by atoms with E-state index < -0.39 is 38.6 Å². The summed E-state index contributed by atoms with van der Waals surface area (Å²) in [6.45, 7) is 6.83. The molecule has 0 saturated heterocycles. The van der Waals surface area contributed by atoms with E-state index in [1.165, 1.54) is 20.1 Å². The molecule has 182 valence electrons. The Balaban J connectivity index is 2.64. The van der Waals surface area contributed by atoms with Gasteiger partial charge in [-0.05, 0) is 18.9 Å². The van der Waals surface area contributed by atoms with E-state index in [9.17, 15) is 29.4 Å². The summed E-state index contributed by atoms with van der Waals surface area (Å²) in [5.74, 6) is -1.26. The second-order valence-electron chi connectivity index (χ2n) is 7.22. The van der Waals surface area contributed by atoms with Gasteiger partial charge in [-0.2, -0.15) is 4.39 Å². The van der Waals surface area contributed by atoms with Crippen LogP contribution >= 0.6 is 0 Å². The lowest BCUT2D eigenvalue weighted by molar-refractivity contribution is -0.395. The topological polar surface area (TPSA) is 153 Å². The minimum atomic E-state index is -1.30. The molecule has 1 amide bonds. The Morgan fingerprint density at radius 2 is 1.62 bits per heavy atom. The molecule has 0 aliphatic rings. The van der Waals surface area contributed by atoms with Gasteiger partial charge < -0.3 is 15.0 Å². The number of carbonyl (C=O) groups excluding carboxylic acids is 1. The van der Waals surface area contributed by atoms with Crippen LogP contribution in [0.1, 0.15) is 33.6 Å². The molecule has 0 spiro atoms. The lowest BCUT2D eigenvalue weighted by atomic mass is 10.2. The van der Waals surface area contributed by atoms with Crippen LogP contribution in [0.5, 0.6) is 5.75 Å². The van der Waals surface area contributed by atoms with Crippen LogP contribution < -0.4 is 15.0 Å². The van der Waals surface area contributed by atoms with Crippen LogP contribution in [0.15, 0.2) is 34.5 Å². The molecule has 0 unspecified atom stereocenters. The quantitative estimate of drug-likeness (QED) is 0.250. The van der Waals surface area contributed by atoms with Crippen molar-refractivity contribution >= 4 is 40.0 Å². The standard InChI is InChI=1S/C21H25FN6O6/c1-5-7-26(8-6-2)20-10-15(23-13(3)29)16(11-21(20)34-4)24-25-17-9-14(22)18(27(30)31)12-19(17)28(32)33/h9-12H,5-8H2,1-4H3,(H,23,29)/b25-24+. The number of halogens is 1. The van der Waals surface area contributed by atoms with Gasteiger partial charge in [0.1, 0.15) is 11.4 Å². The van der Waals surface area contributed by atoms with Crippen molar-refractivity contribution in [1.29, 1.82) is 0 Å². The van der Waals surface area contributed by atoms with E-state index in [0.717, 1.165) is 25.9 Å². The van der Waals surface area contributed by atoms with E-state index in [1.807, 2.05) is 13.8 Å². The Morgan fingerprint density at radius 1 is 1.03 bits per heavy atom. The van der Waals surface area contributed by atoms with Gasteiger partial charge in [0.15, 0.2) is 5.69 Å². The summed E-state index contributed by atoms with van der Waals surface area (Å²) >= 11 is 0. The lowest BCUT2D eigenvalue weighted by Crippen LogP contribution is -2.25. The van der Waals surface area contributed by atoms with Gasteiger partial charge in [-0.1, -0.05) is 13.8 Å². The fourth-order valence-corrected chi connectivity index (χ4v) is 3.25. The second kappa shape index (κ2) is 11.6. The molecule has 13 heteroatoms. The summed E-state index contributed by atoms with van der Waals surface area (Å²) < 4.78 is 19.6. The number of rotatable bonds is 11. The van der Waals surface area contributed by atoms with Gasteiger partial charge in [0.05, 0.1) is 34.4 Å². The zero-order chi connectivity index (χ0) is 25.4. The van der Waals surface area contributed by atoms with E-state index in [1.54, 1.807) is 6.07 Å². The van der Waals surface area contributed by atoms with Gasteiger partial charge in [-0.25, -0.2) is 0 Å². The average molecular weight is 476 g/mol. The molecule has 2 rings (SSSR count). The van der Waals surface area contributed by atoms with Gasteiger partial charge in [0.25, 0.3) is 0 Å². The largest absolute Gasteiger partial charge is 0.494 e. The Kier molecular flexibility index (Phi) is 8.93. The first kappa shape index (κ1) is 26.1. The van der Waals surface area contributed by atoms with Gasteiger partial charge in [0, 0.05) is 32.1 Å². The molecule has 0 aliphatic heterocycles. The van der Waals surface area contributed by atoms with Crippen LogP contribution in [0.25, 0.3) is 0 Å². The van der Waals surface area contributed by atoms with Gasteiger partial charge in [-0.15, -0.1) is 10.2 Å². The van der Waals surface area contributed by atoms with Crippen LogP contribution in [0.2, 0.25) is 0 Å². The molecule has 0 radical (unpaired) electrons. The molecule has 0 atom stereocenters. The highest BCUT2D eigenvalue weighted by Gasteiger charge is 2.25. The molecule has 2 aromatic carbocycles. The number of nitrogens with zero attached hydrogens (tertiary/aromatic N) is 5. The fraction of sp³-hybridized carbons (Fsp3) is 0.381. The maximum absolute atomic E-state index is 14.1. The fourth-order valence-electron chi connectivity index (χ4n) is 3.25. The van der Waals surface area contributed by atoms with Gasteiger partial charge >= 0.3 is 11.4 Å². The third-order valence-corrected chi connectivity index (χ3v) is 4.64. The molecule has 0 bridgehead atoms. The van der Waals surface area contributed by atoms with Crippen LogP contribution in [-0.2, 0) is 4.79 Å². The number of nitro benzene ring substituents is 2. The smallest absolute Gasteiger partial charge is 0.311 e. The van der Waals surface area contributed by atoms with Crippen molar-refractivity contribution in [2.75, 3.05) is 30.4 Å². The Bertz CT molecular complexity index is 1120. The van der Waals surface area contributed by atoms with Crippen LogP contribution in [0.3, 0.4) is 0 Å². The maximum atomic E-state index is 14.1. The predicted octanol–water partition coefficient (Wildman–Crippen LogP) is 5.65. The number of azo groups is 1. The van der Waals surface area contributed by atoms with Crippen molar-refractivity contribution < 1.29 is 23.8 Å². The van der Waals surface area contributed by atoms with E-state index in [2.05, 4.69) is 20.4 Å². The SMILES string of the molecule is CCCN(CCC)c1cc(NC(C)=O)c(/N=N/c2cc(F)c([N+](=O)[O-])cc2[N+](=O)[O-])cc1OC. The molecule has 1 N–H and O–H groups in total. The zero-order valence-corrected chi connectivity index (χ0v) is 19.2. The number of benzene rings is 2. The first-order valence-electron chi connectivity index (χ1n) is 10.4. The first-order valence-corrected chi connectivity index (χ1v) is 10.4. The van der Waals surface area contributed by atoms with Crippen molar-refractivity contribution in [3.05, 3.63) is 50.3 Å². The number of nitro groups is 2. The van der Waals surface area contributed by atoms with Crippen molar-refractivity contribution in [2.45, 2.75) is 33.6 Å². The third-order valence-electron chi connectivity index (χ3n) is 4.64.